The van der Waals surface area contributed by atoms with Gasteiger partial charge in [-0.2, -0.15) is 0 Å². The Kier molecular flexibility index (Phi) is 12.0. The Labute approximate surface area is 112 Å². The minimum absolute atomic E-state index is 0. The van der Waals surface area contributed by atoms with E-state index in [0.29, 0.717) is 6.42 Å². The topological polar surface area (TPSA) is 98.7 Å². The second-order valence-corrected chi connectivity index (χ2v) is 1.92. The fourth-order valence-electron chi connectivity index (χ4n) is 0.521. The Bertz CT molecular complexity index is 136. The van der Waals surface area contributed by atoms with Gasteiger partial charge in [-0.3, -0.25) is 20.0 Å². The van der Waals surface area contributed by atoms with Gasteiger partial charge in [-0.1, -0.05) is 0 Å². The molecular weight excluding hydrogens is 191 g/mol. The van der Waals surface area contributed by atoms with Crippen LogP contribution >= 0.6 is 0 Å². The third-order valence-electron chi connectivity index (χ3n) is 1.06. The second kappa shape index (κ2) is 9.58. The minimum atomic E-state index is -0.546. The monoisotopic (exact) mass is 201 g/mol. The van der Waals surface area contributed by atoms with Crippen molar-refractivity contribution in [1.82, 2.24) is 11.0 Å². The maximum absolute atomic E-state index is 10.3. The van der Waals surface area contributed by atoms with Crippen LogP contribution in [0.15, 0.2) is 0 Å². The molecule has 64 valence electrons. The maximum Gasteiger partial charge on any atom is 1.00 e. The summed E-state index contributed by atoms with van der Waals surface area (Å²) in [6, 6.07) is 0. The van der Waals surface area contributed by atoms with E-state index in [9.17, 15) is 9.59 Å². The molecule has 6 nitrogen and oxygen atoms in total. The molecule has 0 saturated heterocycles. The zero-order valence-corrected chi connectivity index (χ0v) is 9.96. The molecule has 0 aliphatic rings. The Balaban J connectivity index is 0. The molecule has 0 aromatic heterocycles. The summed E-state index contributed by atoms with van der Waals surface area (Å²) >= 11 is 0. The molecule has 0 radical (unpaired) electrons. The van der Waals surface area contributed by atoms with E-state index in [4.69, 9.17) is 10.4 Å². The molecular formula is C5H10KN2O4+. The van der Waals surface area contributed by atoms with Gasteiger partial charge in [-0.05, 0) is 6.42 Å². The van der Waals surface area contributed by atoms with Crippen LogP contribution in [0.2, 0.25) is 0 Å². The third kappa shape index (κ3) is 8.59. The van der Waals surface area contributed by atoms with Crippen molar-refractivity contribution in [3.8, 4) is 0 Å². The Morgan fingerprint density at radius 2 is 1.33 bits per heavy atom. The van der Waals surface area contributed by atoms with Crippen LogP contribution in [0.1, 0.15) is 19.3 Å². The zero-order valence-electron chi connectivity index (χ0n) is 6.83. The first-order valence-electron chi connectivity index (χ1n) is 3.06. The van der Waals surface area contributed by atoms with Crippen molar-refractivity contribution in [3.05, 3.63) is 0 Å². The molecule has 0 fully saturated rings. The van der Waals surface area contributed by atoms with Crippen LogP contribution in [0, 0.1) is 0 Å². The third-order valence-corrected chi connectivity index (χ3v) is 1.06. The molecule has 12 heavy (non-hydrogen) atoms. The average molecular weight is 201 g/mol. The summed E-state index contributed by atoms with van der Waals surface area (Å²) < 4.78 is 0. The fraction of sp³-hybridized carbons (Fsp3) is 0.600. The number of hydroxylamine groups is 2. The molecule has 0 unspecified atom stereocenters. The van der Waals surface area contributed by atoms with E-state index >= 15 is 0 Å². The van der Waals surface area contributed by atoms with Gasteiger partial charge >= 0.3 is 51.4 Å². The smallest absolute Gasteiger partial charge is 0.289 e. The number of hydrogen-bond acceptors (Lipinski definition) is 4. The largest absolute Gasteiger partial charge is 1.00 e. The first-order chi connectivity index (χ1) is 5.20. The van der Waals surface area contributed by atoms with Crippen LogP contribution in [0.3, 0.4) is 0 Å². The van der Waals surface area contributed by atoms with Gasteiger partial charge in [0.1, 0.15) is 0 Å². The van der Waals surface area contributed by atoms with Crippen molar-refractivity contribution in [2.75, 3.05) is 0 Å². The number of amides is 2. The van der Waals surface area contributed by atoms with E-state index in [2.05, 4.69) is 0 Å². The number of nitrogens with one attached hydrogen (secondary N) is 2. The second-order valence-electron chi connectivity index (χ2n) is 1.92. The first-order valence-corrected chi connectivity index (χ1v) is 3.06. The number of carbonyl (C=O) groups is 2. The van der Waals surface area contributed by atoms with Crippen molar-refractivity contribution < 1.29 is 71.4 Å². The van der Waals surface area contributed by atoms with Crippen LogP contribution < -0.4 is 62.3 Å². The van der Waals surface area contributed by atoms with Crippen LogP contribution in [0.5, 0.6) is 0 Å². The van der Waals surface area contributed by atoms with E-state index < -0.39 is 11.8 Å². The minimum Gasteiger partial charge on any atom is -0.289 e. The van der Waals surface area contributed by atoms with Gasteiger partial charge in [-0.15, -0.1) is 0 Å². The molecule has 0 bridgehead atoms. The molecule has 0 rings (SSSR count). The van der Waals surface area contributed by atoms with Gasteiger partial charge in [0, 0.05) is 12.8 Å². The molecule has 0 atom stereocenters. The normalized spacial score (nSPS) is 8.17. The van der Waals surface area contributed by atoms with Crippen LogP contribution in [-0.4, -0.2) is 22.2 Å². The zero-order chi connectivity index (χ0) is 8.69. The summed E-state index contributed by atoms with van der Waals surface area (Å²) in [5.41, 5.74) is 2.85. The summed E-state index contributed by atoms with van der Waals surface area (Å²) in [7, 11) is 0. The Morgan fingerprint density at radius 1 is 1.00 bits per heavy atom. The van der Waals surface area contributed by atoms with Crippen molar-refractivity contribution >= 4 is 11.8 Å². The van der Waals surface area contributed by atoms with Crippen LogP contribution in [-0.2, 0) is 9.59 Å². The van der Waals surface area contributed by atoms with Crippen LogP contribution in [0.25, 0.3) is 0 Å². The fourth-order valence-corrected chi connectivity index (χ4v) is 0.521. The van der Waals surface area contributed by atoms with Crippen molar-refractivity contribution in [2.24, 2.45) is 0 Å². The van der Waals surface area contributed by atoms with E-state index in [1.54, 1.807) is 0 Å². The quantitative estimate of drug-likeness (QED) is 0.213. The van der Waals surface area contributed by atoms with Gasteiger partial charge in [0.15, 0.2) is 0 Å². The van der Waals surface area contributed by atoms with E-state index in [1.807, 2.05) is 0 Å². The molecule has 2 amide bonds. The average Bonchev–Trinajstić information content (AvgIpc) is 2.04. The van der Waals surface area contributed by atoms with Crippen molar-refractivity contribution in [3.63, 3.8) is 0 Å². The van der Waals surface area contributed by atoms with Gasteiger partial charge in [0.05, 0.1) is 0 Å². The number of rotatable bonds is 4. The summed E-state index contributed by atoms with van der Waals surface area (Å²) in [5.74, 6) is -1.09. The molecule has 0 saturated carbocycles. The summed E-state index contributed by atoms with van der Waals surface area (Å²) in [4.78, 5) is 20.7. The van der Waals surface area contributed by atoms with Crippen molar-refractivity contribution in [2.45, 2.75) is 19.3 Å². The van der Waals surface area contributed by atoms with E-state index in [0.717, 1.165) is 0 Å². The molecule has 0 aliphatic heterocycles. The van der Waals surface area contributed by atoms with Gasteiger partial charge in [0.25, 0.3) is 0 Å². The standard InChI is InChI=1S/C5H10N2O4.K/c8-4(6-10)2-1-3-5(9)7-11;/h10-11H,1-3H2,(H,6,8)(H,7,9);/q;+1. The Morgan fingerprint density at radius 3 is 1.58 bits per heavy atom. The molecule has 7 heteroatoms. The van der Waals surface area contributed by atoms with Gasteiger partial charge < -0.3 is 0 Å². The van der Waals surface area contributed by atoms with Gasteiger partial charge in [-0.25, -0.2) is 11.0 Å². The first kappa shape index (κ1) is 15.0. The van der Waals surface area contributed by atoms with Crippen LogP contribution in [0.4, 0.5) is 0 Å². The molecule has 0 heterocycles. The maximum atomic E-state index is 10.3. The number of carbonyl (C=O) groups excluding carboxylic acids is 2. The molecule has 0 aromatic rings. The predicted molar refractivity (Wildman–Crippen MR) is 33.7 cm³/mol. The summed E-state index contributed by atoms with van der Waals surface area (Å²) in [6.45, 7) is 0. The predicted octanol–water partition coefficient (Wildman–Crippen LogP) is -3.83. The summed E-state index contributed by atoms with van der Waals surface area (Å²) in [5, 5.41) is 16.0. The Hall–Kier alpha value is 0.496. The molecule has 0 aromatic carbocycles. The SMILES string of the molecule is O=C(CCCC(=O)NO)NO.[K+]. The van der Waals surface area contributed by atoms with E-state index in [-0.39, 0.29) is 64.2 Å². The molecule has 0 spiro atoms. The number of hydrogen-bond donors (Lipinski definition) is 4. The molecule has 4 N–H and O–H groups in total. The molecule has 0 aliphatic carbocycles. The van der Waals surface area contributed by atoms with E-state index in [1.165, 1.54) is 11.0 Å². The summed E-state index contributed by atoms with van der Waals surface area (Å²) in [6.07, 6.45) is 0.409. The van der Waals surface area contributed by atoms with Gasteiger partial charge in [0.2, 0.25) is 11.8 Å². The van der Waals surface area contributed by atoms with Crippen molar-refractivity contribution in [1.29, 1.82) is 0 Å².